The number of hydrogen-bond acceptors (Lipinski definition) is 6. The first-order chi connectivity index (χ1) is 12.5. The van der Waals surface area contributed by atoms with E-state index in [1.165, 1.54) is 12.1 Å². The first-order valence-corrected chi connectivity index (χ1v) is 7.91. The Morgan fingerprint density at radius 1 is 1.15 bits per heavy atom. The van der Waals surface area contributed by atoms with Crippen molar-refractivity contribution in [2.75, 3.05) is 19.8 Å². The summed E-state index contributed by atoms with van der Waals surface area (Å²) in [5.74, 6) is -0.862. The molecule has 9 heteroatoms. The number of rotatable bonds is 8. The van der Waals surface area contributed by atoms with E-state index in [1.54, 1.807) is 12.1 Å². The lowest BCUT2D eigenvalue weighted by molar-refractivity contribution is -0.385. The maximum absolute atomic E-state index is 11.9. The van der Waals surface area contributed by atoms with Gasteiger partial charge in [0.1, 0.15) is 17.9 Å². The third-order valence-corrected chi connectivity index (χ3v) is 3.38. The van der Waals surface area contributed by atoms with Crippen molar-refractivity contribution in [3.63, 3.8) is 0 Å². The molecule has 0 fully saturated rings. The predicted molar refractivity (Wildman–Crippen MR) is 93.3 cm³/mol. The first-order valence-electron chi connectivity index (χ1n) is 7.53. The van der Waals surface area contributed by atoms with Gasteiger partial charge in [-0.3, -0.25) is 14.9 Å². The number of esters is 1. The topological polar surface area (TPSA) is 108 Å². The number of benzene rings is 2. The van der Waals surface area contributed by atoms with Crippen molar-refractivity contribution in [3.8, 4) is 5.75 Å². The number of nitro groups is 1. The SMILES string of the molecule is O=C(COC(=O)c1ccc(Cl)cc1[N+](=O)[O-])NCCOc1ccccc1. The van der Waals surface area contributed by atoms with Crippen LogP contribution in [0, 0.1) is 10.1 Å². The summed E-state index contributed by atoms with van der Waals surface area (Å²) in [7, 11) is 0. The summed E-state index contributed by atoms with van der Waals surface area (Å²) in [5.41, 5.74) is -0.765. The highest BCUT2D eigenvalue weighted by molar-refractivity contribution is 6.31. The monoisotopic (exact) mass is 378 g/mol. The second kappa shape index (κ2) is 9.38. The Balaban J connectivity index is 1.77. The van der Waals surface area contributed by atoms with Crippen molar-refractivity contribution < 1.29 is 24.0 Å². The fraction of sp³-hybridized carbons (Fsp3) is 0.176. The van der Waals surface area contributed by atoms with Crippen molar-refractivity contribution in [2.45, 2.75) is 0 Å². The molecule has 0 heterocycles. The molecule has 2 rings (SSSR count). The second-order valence-corrected chi connectivity index (χ2v) is 5.44. The molecule has 0 aliphatic carbocycles. The van der Waals surface area contributed by atoms with Gasteiger partial charge in [0, 0.05) is 11.1 Å². The number of carbonyl (C=O) groups is 2. The molecule has 0 aliphatic rings. The van der Waals surface area contributed by atoms with Gasteiger partial charge in [-0.1, -0.05) is 29.8 Å². The third-order valence-electron chi connectivity index (χ3n) is 3.15. The molecular weight excluding hydrogens is 364 g/mol. The van der Waals surface area contributed by atoms with Crippen LogP contribution in [0.1, 0.15) is 10.4 Å². The van der Waals surface area contributed by atoms with Crippen molar-refractivity contribution in [1.29, 1.82) is 0 Å². The van der Waals surface area contributed by atoms with Gasteiger partial charge in [0.2, 0.25) is 0 Å². The molecular formula is C17H15ClN2O6. The molecule has 2 aromatic rings. The summed E-state index contributed by atoms with van der Waals surface area (Å²) < 4.78 is 10.2. The molecule has 2 aromatic carbocycles. The number of halogens is 1. The molecule has 0 bridgehead atoms. The Morgan fingerprint density at radius 3 is 2.58 bits per heavy atom. The lowest BCUT2D eigenvalue weighted by Crippen LogP contribution is -2.32. The van der Waals surface area contributed by atoms with E-state index in [0.29, 0.717) is 5.75 Å². The van der Waals surface area contributed by atoms with E-state index in [2.05, 4.69) is 5.32 Å². The number of amides is 1. The van der Waals surface area contributed by atoms with E-state index in [4.69, 9.17) is 21.1 Å². The molecule has 0 aromatic heterocycles. The Labute approximate surface area is 153 Å². The molecule has 0 atom stereocenters. The maximum Gasteiger partial charge on any atom is 0.345 e. The normalized spacial score (nSPS) is 10.0. The largest absolute Gasteiger partial charge is 0.492 e. The second-order valence-electron chi connectivity index (χ2n) is 5.01. The van der Waals surface area contributed by atoms with Crippen LogP contribution in [0.4, 0.5) is 5.69 Å². The van der Waals surface area contributed by atoms with Crippen LogP contribution in [0.3, 0.4) is 0 Å². The number of hydrogen-bond donors (Lipinski definition) is 1. The van der Waals surface area contributed by atoms with E-state index in [0.717, 1.165) is 6.07 Å². The molecule has 0 radical (unpaired) electrons. The third kappa shape index (κ3) is 5.75. The van der Waals surface area contributed by atoms with E-state index in [9.17, 15) is 19.7 Å². The van der Waals surface area contributed by atoms with E-state index < -0.39 is 29.1 Å². The molecule has 0 saturated carbocycles. The smallest absolute Gasteiger partial charge is 0.345 e. The minimum Gasteiger partial charge on any atom is -0.492 e. The first kappa shape index (κ1) is 19.2. The van der Waals surface area contributed by atoms with Crippen LogP contribution in [0.2, 0.25) is 5.02 Å². The van der Waals surface area contributed by atoms with Crippen LogP contribution in [0.25, 0.3) is 0 Å². The van der Waals surface area contributed by atoms with Gasteiger partial charge < -0.3 is 14.8 Å². The van der Waals surface area contributed by atoms with Gasteiger partial charge in [-0.2, -0.15) is 0 Å². The highest BCUT2D eigenvalue weighted by Crippen LogP contribution is 2.23. The number of nitrogens with one attached hydrogen (secondary N) is 1. The van der Waals surface area contributed by atoms with Gasteiger partial charge in [0.15, 0.2) is 6.61 Å². The molecule has 0 unspecified atom stereocenters. The number of para-hydroxylation sites is 1. The lowest BCUT2D eigenvalue weighted by Gasteiger charge is -2.08. The van der Waals surface area contributed by atoms with Crippen molar-refractivity contribution in [2.24, 2.45) is 0 Å². The van der Waals surface area contributed by atoms with Crippen LogP contribution in [0.15, 0.2) is 48.5 Å². The predicted octanol–water partition coefficient (Wildman–Crippen LogP) is 2.60. The molecule has 0 spiro atoms. The van der Waals surface area contributed by atoms with Gasteiger partial charge in [-0.05, 0) is 24.3 Å². The van der Waals surface area contributed by atoms with Gasteiger partial charge >= 0.3 is 5.97 Å². The molecule has 0 saturated heterocycles. The fourth-order valence-corrected chi connectivity index (χ4v) is 2.13. The fourth-order valence-electron chi connectivity index (χ4n) is 1.96. The van der Waals surface area contributed by atoms with Gasteiger partial charge in [-0.25, -0.2) is 4.79 Å². The van der Waals surface area contributed by atoms with Crippen LogP contribution >= 0.6 is 11.6 Å². The Morgan fingerprint density at radius 2 is 1.88 bits per heavy atom. The maximum atomic E-state index is 11.9. The summed E-state index contributed by atoms with van der Waals surface area (Å²) in [6.07, 6.45) is 0. The Bertz CT molecular complexity index is 797. The zero-order valence-electron chi connectivity index (χ0n) is 13.5. The van der Waals surface area contributed by atoms with Crippen LogP contribution in [-0.2, 0) is 9.53 Å². The minimum atomic E-state index is -0.982. The highest BCUT2D eigenvalue weighted by Gasteiger charge is 2.22. The summed E-state index contributed by atoms with van der Waals surface area (Å²) in [6, 6.07) is 12.6. The van der Waals surface area contributed by atoms with Gasteiger partial charge in [0.25, 0.3) is 11.6 Å². The van der Waals surface area contributed by atoms with Gasteiger partial charge in [-0.15, -0.1) is 0 Å². The number of ether oxygens (including phenoxy) is 2. The summed E-state index contributed by atoms with van der Waals surface area (Å²) in [5, 5.41) is 13.6. The average Bonchev–Trinajstić information content (AvgIpc) is 2.64. The number of carbonyl (C=O) groups excluding carboxylic acids is 2. The van der Waals surface area contributed by atoms with E-state index in [1.807, 2.05) is 18.2 Å². The molecule has 1 amide bonds. The zero-order chi connectivity index (χ0) is 18.9. The minimum absolute atomic E-state index is 0.115. The summed E-state index contributed by atoms with van der Waals surface area (Å²) >= 11 is 5.68. The van der Waals surface area contributed by atoms with Crippen molar-refractivity contribution in [1.82, 2.24) is 5.32 Å². The molecule has 26 heavy (non-hydrogen) atoms. The van der Waals surface area contributed by atoms with Crippen molar-refractivity contribution >= 4 is 29.2 Å². The van der Waals surface area contributed by atoms with E-state index in [-0.39, 0.29) is 23.7 Å². The molecule has 1 N–H and O–H groups in total. The van der Waals surface area contributed by atoms with Crippen LogP contribution in [0.5, 0.6) is 5.75 Å². The Kier molecular flexibility index (Phi) is 6.92. The average molecular weight is 379 g/mol. The zero-order valence-corrected chi connectivity index (χ0v) is 14.3. The number of nitrogens with zero attached hydrogens (tertiary/aromatic N) is 1. The molecule has 8 nitrogen and oxygen atoms in total. The van der Waals surface area contributed by atoms with Gasteiger partial charge in [0.05, 0.1) is 11.5 Å². The standard InChI is InChI=1S/C17H15ClN2O6/c18-12-6-7-14(15(10-12)20(23)24)17(22)26-11-16(21)19-8-9-25-13-4-2-1-3-5-13/h1-7,10H,8-9,11H2,(H,19,21). The number of nitro benzene ring substituents is 1. The molecule has 136 valence electrons. The van der Waals surface area contributed by atoms with Crippen LogP contribution < -0.4 is 10.1 Å². The highest BCUT2D eigenvalue weighted by atomic mass is 35.5. The van der Waals surface area contributed by atoms with E-state index >= 15 is 0 Å². The Hall–Kier alpha value is -3.13. The van der Waals surface area contributed by atoms with Crippen molar-refractivity contribution in [3.05, 3.63) is 69.2 Å². The summed E-state index contributed by atoms with van der Waals surface area (Å²) in [6.45, 7) is -0.108. The quantitative estimate of drug-likeness (QED) is 0.327. The molecule has 0 aliphatic heterocycles. The summed E-state index contributed by atoms with van der Waals surface area (Å²) in [4.78, 5) is 33.8. The lowest BCUT2D eigenvalue weighted by atomic mass is 10.2. The van der Waals surface area contributed by atoms with Crippen LogP contribution in [-0.4, -0.2) is 36.6 Å².